The maximum atomic E-state index is 11.9. The fourth-order valence-corrected chi connectivity index (χ4v) is 0.809. The van der Waals surface area contributed by atoms with Crippen molar-refractivity contribution in [1.82, 2.24) is 0 Å². The maximum Gasteiger partial charge on any atom is 0.393 e. The fourth-order valence-electron chi connectivity index (χ4n) is 0.809. The van der Waals surface area contributed by atoms with E-state index in [0.717, 1.165) is 26.2 Å². The molecule has 0 aromatic heterocycles. The molecule has 0 amide bonds. The average molecular weight is 198 g/mol. The van der Waals surface area contributed by atoms with Gasteiger partial charge < -0.3 is 4.74 Å². The van der Waals surface area contributed by atoms with Gasteiger partial charge in [0.2, 0.25) is 0 Å². The molecule has 1 atom stereocenters. The van der Waals surface area contributed by atoms with Crippen molar-refractivity contribution in [3.63, 3.8) is 0 Å². The lowest BCUT2D eigenvalue weighted by Crippen LogP contribution is -2.24. The molecule has 0 saturated carbocycles. The van der Waals surface area contributed by atoms with Gasteiger partial charge in [-0.2, -0.15) is 13.2 Å². The Morgan fingerprint density at radius 1 is 1.23 bits per heavy atom. The Kier molecular flexibility index (Phi) is 6.12. The molecule has 13 heavy (non-hydrogen) atoms. The molecule has 0 rings (SSSR count). The van der Waals surface area contributed by atoms with Crippen LogP contribution in [0.15, 0.2) is 0 Å². The minimum absolute atomic E-state index is 0.215. The summed E-state index contributed by atoms with van der Waals surface area (Å²) in [6, 6.07) is 0. The highest BCUT2D eigenvalue weighted by Gasteiger charge is 2.35. The molecule has 0 fully saturated rings. The van der Waals surface area contributed by atoms with Crippen LogP contribution in [-0.4, -0.2) is 19.4 Å². The molecule has 0 aliphatic carbocycles. The van der Waals surface area contributed by atoms with Crippen molar-refractivity contribution in [2.24, 2.45) is 5.92 Å². The number of hydrogen-bond acceptors (Lipinski definition) is 1. The maximum absolute atomic E-state index is 11.9. The average Bonchev–Trinajstić information content (AvgIpc) is 2.02. The van der Waals surface area contributed by atoms with E-state index >= 15 is 0 Å². The Morgan fingerprint density at radius 2 is 1.85 bits per heavy atom. The summed E-state index contributed by atoms with van der Waals surface area (Å²) in [6.07, 6.45) is -1.20. The van der Waals surface area contributed by atoms with E-state index in [0.29, 0.717) is 6.61 Å². The Balaban J connectivity index is 3.32. The van der Waals surface area contributed by atoms with Gasteiger partial charge in [0, 0.05) is 6.61 Å². The van der Waals surface area contributed by atoms with E-state index in [2.05, 4.69) is 0 Å². The van der Waals surface area contributed by atoms with Crippen LogP contribution in [0.5, 0.6) is 0 Å². The first-order chi connectivity index (χ1) is 5.98. The Labute approximate surface area is 77.3 Å². The topological polar surface area (TPSA) is 9.23 Å². The van der Waals surface area contributed by atoms with Crippen LogP contribution in [-0.2, 0) is 4.74 Å². The molecule has 80 valence electrons. The van der Waals surface area contributed by atoms with E-state index in [-0.39, 0.29) is 6.61 Å². The van der Waals surface area contributed by atoms with Crippen LogP contribution in [0.1, 0.15) is 33.1 Å². The molecule has 1 nitrogen and oxygen atoms in total. The van der Waals surface area contributed by atoms with Crippen LogP contribution >= 0.6 is 0 Å². The summed E-state index contributed by atoms with van der Waals surface area (Å²) in [5, 5.41) is 0. The molecule has 0 spiro atoms. The van der Waals surface area contributed by atoms with Gasteiger partial charge in [-0.1, -0.05) is 26.7 Å². The lowest BCUT2D eigenvalue weighted by atomic mass is 10.2. The highest BCUT2D eigenvalue weighted by Crippen LogP contribution is 2.25. The second-order valence-corrected chi connectivity index (χ2v) is 3.22. The predicted octanol–water partition coefficient (Wildman–Crippen LogP) is 3.39. The second-order valence-electron chi connectivity index (χ2n) is 3.22. The van der Waals surface area contributed by atoms with Crippen LogP contribution in [0.2, 0.25) is 0 Å². The molecular weight excluding hydrogens is 181 g/mol. The van der Waals surface area contributed by atoms with Gasteiger partial charge in [-0.3, -0.25) is 0 Å². The number of ether oxygens (including phenoxy) is 1. The molecule has 0 aromatic rings. The largest absolute Gasteiger partial charge is 0.393 e. The number of alkyl halides is 3. The van der Waals surface area contributed by atoms with Gasteiger partial charge in [0.05, 0.1) is 12.5 Å². The quantitative estimate of drug-likeness (QED) is 0.594. The van der Waals surface area contributed by atoms with Crippen molar-refractivity contribution >= 4 is 0 Å². The number of rotatable bonds is 6. The second kappa shape index (κ2) is 6.24. The van der Waals surface area contributed by atoms with Gasteiger partial charge in [0.25, 0.3) is 0 Å². The molecule has 0 N–H and O–H groups in total. The first-order valence-corrected chi connectivity index (χ1v) is 4.63. The van der Waals surface area contributed by atoms with E-state index < -0.39 is 12.1 Å². The van der Waals surface area contributed by atoms with Gasteiger partial charge in [-0.25, -0.2) is 0 Å². The molecule has 0 aromatic carbocycles. The normalized spacial score (nSPS) is 14.5. The third-order valence-corrected chi connectivity index (χ3v) is 1.82. The number of halogens is 3. The van der Waals surface area contributed by atoms with Gasteiger partial charge in [0.1, 0.15) is 0 Å². The lowest BCUT2D eigenvalue weighted by Gasteiger charge is -2.15. The van der Waals surface area contributed by atoms with Gasteiger partial charge >= 0.3 is 6.18 Å². The smallest absolute Gasteiger partial charge is 0.381 e. The fraction of sp³-hybridized carbons (Fsp3) is 1.00. The van der Waals surface area contributed by atoms with Crippen LogP contribution in [0.25, 0.3) is 0 Å². The summed E-state index contributed by atoms with van der Waals surface area (Å²) in [6.45, 7) is 3.40. The summed E-state index contributed by atoms with van der Waals surface area (Å²) < 4.78 is 40.7. The van der Waals surface area contributed by atoms with E-state index in [1.165, 1.54) is 0 Å². The summed E-state index contributed by atoms with van der Waals surface area (Å²) in [5.41, 5.74) is 0. The monoisotopic (exact) mass is 198 g/mol. The third-order valence-electron chi connectivity index (χ3n) is 1.82. The summed E-state index contributed by atoms with van der Waals surface area (Å²) >= 11 is 0. The van der Waals surface area contributed by atoms with Crippen LogP contribution in [0.3, 0.4) is 0 Å². The van der Waals surface area contributed by atoms with Gasteiger partial charge in [-0.05, 0) is 6.42 Å². The highest BCUT2D eigenvalue weighted by molar-refractivity contribution is 4.60. The van der Waals surface area contributed by atoms with Crippen molar-refractivity contribution in [3.8, 4) is 0 Å². The first kappa shape index (κ1) is 12.8. The first-order valence-electron chi connectivity index (χ1n) is 4.63. The zero-order valence-corrected chi connectivity index (χ0v) is 8.16. The van der Waals surface area contributed by atoms with E-state index in [1.54, 1.807) is 0 Å². The molecule has 0 aliphatic rings. The molecule has 0 saturated heterocycles. The van der Waals surface area contributed by atoms with Gasteiger partial charge in [-0.15, -0.1) is 0 Å². The van der Waals surface area contributed by atoms with Crippen molar-refractivity contribution in [1.29, 1.82) is 0 Å². The van der Waals surface area contributed by atoms with Crippen molar-refractivity contribution in [3.05, 3.63) is 0 Å². The molecule has 1 unspecified atom stereocenters. The third kappa shape index (κ3) is 6.87. The predicted molar refractivity (Wildman–Crippen MR) is 45.6 cm³/mol. The lowest BCUT2D eigenvalue weighted by molar-refractivity contribution is -0.182. The van der Waals surface area contributed by atoms with Gasteiger partial charge in [0.15, 0.2) is 0 Å². The SMILES string of the molecule is CCCCCOCC(C)C(F)(F)F. The van der Waals surface area contributed by atoms with Crippen molar-refractivity contribution in [2.45, 2.75) is 39.3 Å². The molecule has 4 heteroatoms. The highest BCUT2D eigenvalue weighted by atomic mass is 19.4. The Hall–Kier alpha value is -0.250. The van der Waals surface area contributed by atoms with E-state index in [4.69, 9.17) is 4.74 Å². The summed E-state index contributed by atoms with van der Waals surface area (Å²) in [5.74, 6) is -1.35. The van der Waals surface area contributed by atoms with Crippen molar-refractivity contribution in [2.75, 3.05) is 13.2 Å². The molecule has 0 aliphatic heterocycles. The van der Waals surface area contributed by atoms with E-state index in [9.17, 15) is 13.2 Å². The molecule has 0 bridgehead atoms. The van der Waals surface area contributed by atoms with Crippen LogP contribution < -0.4 is 0 Å². The van der Waals surface area contributed by atoms with Crippen LogP contribution in [0.4, 0.5) is 13.2 Å². The standard InChI is InChI=1S/C9H17F3O/c1-3-4-5-6-13-7-8(2)9(10,11)12/h8H,3-7H2,1-2H3. The number of hydrogen-bond donors (Lipinski definition) is 0. The zero-order chi connectivity index (χ0) is 10.3. The minimum Gasteiger partial charge on any atom is -0.381 e. The molecular formula is C9H17F3O. The van der Waals surface area contributed by atoms with Crippen molar-refractivity contribution < 1.29 is 17.9 Å². The molecule has 0 heterocycles. The molecule has 0 radical (unpaired) electrons. The summed E-state index contributed by atoms with van der Waals surface area (Å²) in [4.78, 5) is 0. The Morgan fingerprint density at radius 3 is 2.31 bits per heavy atom. The Bertz CT molecular complexity index is 123. The summed E-state index contributed by atoms with van der Waals surface area (Å²) in [7, 11) is 0. The van der Waals surface area contributed by atoms with E-state index in [1.807, 2.05) is 6.92 Å². The zero-order valence-electron chi connectivity index (χ0n) is 8.16. The van der Waals surface area contributed by atoms with Crippen LogP contribution in [0, 0.1) is 5.92 Å². The number of unbranched alkanes of at least 4 members (excludes halogenated alkanes) is 2. The minimum atomic E-state index is -4.12.